The summed E-state index contributed by atoms with van der Waals surface area (Å²) in [6.07, 6.45) is 0. The number of halogens is 1. The zero-order valence-corrected chi connectivity index (χ0v) is 17.5. The second kappa shape index (κ2) is 8.13. The van der Waals surface area contributed by atoms with Gasteiger partial charge in [0.05, 0.1) is 13.2 Å². The summed E-state index contributed by atoms with van der Waals surface area (Å²) in [5.41, 5.74) is 3.35. The first kappa shape index (κ1) is 19.3. The van der Waals surface area contributed by atoms with Crippen LogP contribution in [0.1, 0.15) is 22.7 Å². The van der Waals surface area contributed by atoms with E-state index in [1.54, 1.807) is 12.0 Å². The average molecular weight is 450 g/mol. The molecule has 0 aliphatic carbocycles. The van der Waals surface area contributed by atoms with Crippen molar-refractivity contribution in [3.8, 4) is 5.75 Å². The SMILES string of the molecule is COc1ccc(CN2C(=O)C(O)=C(c3ccccc3)[C@@H]2c2cccc(Br)c2)cc1. The minimum Gasteiger partial charge on any atom is -0.503 e. The molecule has 5 heteroatoms. The fourth-order valence-electron chi connectivity index (χ4n) is 3.68. The van der Waals surface area contributed by atoms with Crippen molar-refractivity contribution in [2.75, 3.05) is 7.11 Å². The van der Waals surface area contributed by atoms with E-state index in [1.165, 1.54) is 0 Å². The van der Waals surface area contributed by atoms with Gasteiger partial charge in [-0.25, -0.2) is 0 Å². The smallest absolute Gasteiger partial charge is 0.290 e. The molecule has 146 valence electrons. The fraction of sp³-hybridized carbons (Fsp3) is 0.125. The van der Waals surface area contributed by atoms with E-state index in [-0.39, 0.29) is 17.7 Å². The standard InChI is InChI=1S/C24H20BrNO3/c1-29-20-12-10-16(11-13-20)15-26-22(18-8-5-9-19(25)14-18)21(23(27)24(26)28)17-6-3-2-4-7-17/h2-14,22,27H,15H2,1H3/t22-/m0/s1. The highest BCUT2D eigenvalue weighted by Crippen LogP contribution is 2.44. The molecule has 4 rings (SSSR count). The maximum absolute atomic E-state index is 13.1. The molecule has 1 aliphatic heterocycles. The number of carbonyl (C=O) groups excluding carboxylic acids is 1. The van der Waals surface area contributed by atoms with E-state index in [0.717, 1.165) is 26.9 Å². The van der Waals surface area contributed by atoms with Gasteiger partial charge in [-0.2, -0.15) is 0 Å². The summed E-state index contributed by atoms with van der Waals surface area (Å²) in [6, 6.07) is 24.6. The van der Waals surface area contributed by atoms with Crippen molar-refractivity contribution >= 4 is 27.4 Å². The Hall–Kier alpha value is -3.05. The second-order valence-electron chi connectivity index (χ2n) is 6.87. The molecule has 4 nitrogen and oxygen atoms in total. The number of hydrogen-bond donors (Lipinski definition) is 1. The number of carbonyl (C=O) groups is 1. The third-order valence-corrected chi connectivity index (χ3v) is 5.56. The number of ether oxygens (including phenoxy) is 1. The van der Waals surface area contributed by atoms with Crippen LogP contribution in [0.3, 0.4) is 0 Å². The lowest BCUT2D eigenvalue weighted by atomic mass is 9.93. The van der Waals surface area contributed by atoms with Crippen LogP contribution in [0.15, 0.2) is 89.1 Å². The van der Waals surface area contributed by atoms with Gasteiger partial charge in [0, 0.05) is 16.6 Å². The molecule has 1 heterocycles. The lowest BCUT2D eigenvalue weighted by Crippen LogP contribution is -2.29. The maximum atomic E-state index is 13.1. The van der Waals surface area contributed by atoms with Gasteiger partial charge in [0.1, 0.15) is 5.75 Å². The molecule has 29 heavy (non-hydrogen) atoms. The largest absolute Gasteiger partial charge is 0.503 e. The summed E-state index contributed by atoms with van der Waals surface area (Å²) in [4.78, 5) is 14.8. The van der Waals surface area contributed by atoms with Gasteiger partial charge in [0.2, 0.25) is 0 Å². The molecule has 0 radical (unpaired) electrons. The van der Waals surface area contributed by atoms with E-state index < -0.39 is 0 Å². The normalized spacial score (nSPS) is 16.4. The lowest BCUT2D eigenvalue weighted by Gasteiger charge is -2.27. The van der Waals surface area contributed by atoms with E-state index in [0.29, 0.717) is 12.1 Å². The summed E-state index contributed by atoms with van der Waals surface area (Å²) in [7, 11) is 1.62. The van der Waals surface area contributed by atoms with Crippen LogP contribution < -0.4 is 4.74 Å². The van der Waals surface area contributed by atoms with Gasteiger partial charge in [-0.05, 0) is 41.0 Å². The first-order chi connectivity index (χ1) is 14.1. The first-order valence-corrected chi connectivity index (χ1v) is 10.1. The highest BCUT2D eigenvalue weighted by Gasteiger charge is 2.40. The molecule has 0 spiro atoms. The number of aliphatic hydroxyl groups is 1. The molecule has 0 saturated heterocycles. The molecule has 0 bridgehead atoms. The molecule has 3 aromatic rings. The van der Waals surface area contributed by atoms with Crippen LogP contribution in [-0.4, -0.2) is 23.0 Å². The number of rotatable bonds is 5. The Morgan fingerprint density at radius 2 is 1.72 bits per heavy atom. The van der Waals surface area contributed by atoms with Crippen molar-refractivity contribution in [1.82, 2.24) is 4.90 Å². The van der Waals surface area contributed by atoms with E-state index in [4.69, 9.17) is 4.74 Å². The molecular weight excluding hydrogens is 430 g/mol. The van der Waals surface area contributed by atoms with Crippen molar-refractivity contribution in [3.63, 3.8) is 0 Å². The number of aliphatic hydroxyl groups excluding tert-OH is 1. The number of benzene rings is 3. The molecular formula is C24H20BrNO3. The Kier molecular flexibility index (Phi) is 5.41. The van der Waals surface area contributed by atoms with Crippen molar-refractivity contribution in [2.45, 2.75) is 12.6 Å². The quantitative estimate of drug-likeness (QED) is 0.558. The van der Waals surface area contributed by atoms with E-state index in [2.05, 4.69) is 15.9 Å². The Bertz CT molecular complexity index is 1060. The predicted molar refractivity (Wildman–Crippen MR) is 116 cm³/mol. The molecule has 3 aromatic carbocycles. The van der Waals surface area contributed by atoms with Crippen LogP contribution in [0.2, 0.25) is 0 Å². The van der Waals surface area contributed by atoms with Gasteiger partial charge in [0.25, 0.3) is 5.91 Å². The topological polar surface area (TPSA) is 49.8 Å². The third kappa shape index (κ3) is 3.78. The van der Waals surface area contributed by atoms with Gasteiger partial charge >= 0.3 is 0 Å². The minimum atomic E-state index is -0.385. The Labute approximate surface area is 178 Å². The lowest BCUT2D eigenvalue weighted by molar-refractivity contribution is -0.130. The molecule has 0 unspecified atom stereocenters. The Morgan fingerprint density at radius 1 is 1.00 bits per heavy atom. The van der Waals surface area contributed by atoms with Crippen molar-refractivity contribution in [1.29, 1.82) is 0 Å². The Morgan fingerprint density at radius 3 is 2.38 bits per heavy atom. The number of amides is 1. The molecule has 1 atom stereocenters. The van der Waals surface area contributed by atoms with E-state index in [1.807, 2.05) is 78.9 Å². The van der Waals surface area contributed by atoms with Gasteiger partial charge in [-0.1, -0.05) is 70.5 Å². The number of hydrogen-bond acceptors (Lipinski definition) is 3. The average Bonchev–Trinajstić information content (AvgIpc) is 3.00. The molecule has 1 aliphatic rings. The van der Waals surface area contributed by atoms with Crippen LogP contribution in [0.4, 0.5) is 0 Å². The van der Waals surface area contributed by atoms with Crippen LogP contribution >= 0.6 is 15.9 Å². The summed E-state index contributed by atoms with van der Waals surface area (Å²) >= 11 is 3.52. The van der Waals surface area contributed by atoms with E-state index in [9.17, 15) is 9.90 Å². The highest BCUT2D eigenvalue weighted by atomic mass is 79.9. The molecule has 0 aromatic heterocycles. The maximum Gasteiger partial charge on any atom is 0.290 e. The van der Waals surface area contributed by atoms with Crippen molar-refractivity contribution in [2.24, 2.45) is 0 Å². The van der Waals surface area contributed by atoms with Gasteiger partial charge < -0.3 is 14.7 Å². The van der Waals surface area contributed by atoms with E-state index >= 15 is 0 Å². The zero-order chi connectivity index (χ0) is 20.4. The van der Waals surface area contributed by atoms with Crippen LogP contribution in [-0.2, 0) is 11.3 Å². The molecule has 0 saturated carbocycles. The summed E-state index contributed by atoms with van der Waals surface area (Å²) < 4.78 is 6.14. The summed E-state index contributed by atoms with van der Waals surface area (Å²) in [6.45, 7) is 0.375. The highest BCUT2D eigenvalue weighted by molar-refractivity contribution is 9.10. The van der Waals surface area contributed by atoms with Crippen molar-refractivity contribution in [3.05, 3.63) is 106 Å². The van der Waals surface area contributed by atoms with Crippen LogP contribution in [0.5, 0.6) is 5.75 Å². The first-order valence-electron chi connectivity index (χ1n) is 9.26. The summed E-state index contributed by atoms with van der Waals surface area (Å²) in [5, 5.41) is 10.8. The van der Waals surface area contributed by atoms with Gasteiger partial charge in [0.15, 0.2) is 5.76 Å². The van der Waals surface area contributed by atoms with Gasteiger partial charge in [-0.15, -0.1) is 0 Å². The molecule has 1 amide bonds. The monoisotopic (exact) mass is 449 g/mol. The third-order valence-electron chi connectivity index (χ3n) is 5.06. The molecule has 0 fully saturated rings. The summed E-state index contributed by atoms with van der Waals surface area (Å²) in [5.74, 6) is 0.190. The zero-order valence-electron chi connectivity index (χ0n) is 15.9. The fourth-order valence-corrected chi connectivity index (χ4v) is 4.10. The van der Waals surface area contributed by atoms with Gasteiger partial charge in [-0.3, -0.25) is 4.79 Å². The number of methoxy groups -OCH3 is 1. The predicted octanol–water partition coefficient (Wildman–Crippen LogP) is 5.51. The Balaban J connectivity index is 1.78. The van der Waals surface area contributed by atoms with Crippen LogP contribution in [0.25, 0.3) is 5.57 Å². The second-order valence-corrected chi connectivity index (χ2v) is 7.78. The minimum absolute atomic E-state index is 0.199. The molecule has 1 N–H and O–H groups in total. The van der Waals surface area contributed by atoms with Crippen LogP contribution in [0, 0.1) is 0 Å². The number of nitrogens with zero attached hydrogens (tertiary/aromatic N) is 1. The van der Waals surface area contributed by atoms with Crippen molar-refractivity contribution < 1.29 is 14.6 Å².